The molecule has 3 N–H and O–H groups in total. The molecule has 2 aromatic rings. The van der Waals surface area contributed by atoms with Gasteiger partial charge in [0.25, 0.3) is 5.91 Å². The van der Waals surface area contributed by atoms with Crippen LogP contribution in [-0.2, 0) is 6.54 Å². The van der Waals surface area contributed by atoms with E-state index < -0.39 is 5.91 Å². The molecular formula is C10H7N7O2. The standard InChI is InChI=1S/C10H7N7O2/c11-2-8-9(3-12)17(5-14-8)4-6-1-7(16-19-6)10(18)15-13/h1,5H,4,13H2,(H,15,18). The van der Waals surface area contributed by atoms with Crippen molar-refractivity contribution < 1.29 is 9.32 Å². The fourth-order valence-corrected chi connectivity index (χ4v) is 1.44. The summed E-state index contributed by atoms with van der Waals surface area (Å²) in [6.07, 6.45) is 1.34. The van der Waals surface area contributed by atoms with Gasteiger partial charge in [0.05, 0.1) is 12.9 Å². The monoisotopic (exact) mass is 257 g/mol. The SMILES string of the molecule is N#Cc1ncn(Cc2cc(C(=O)NN)no2)c1C#N. The summed E-state index contributed by atoms with van der Waals surface area (Å²) < 4.78 is 6.35. The van der Waals surface area contributed by atoms with Gasteiger partial charge in [0.1, 0.15) is 12.1 Å². The second-order valence-electron chi connectivity index (χ2n) is 3.45. The van der Waals surface area contributed by atoms with E-state index in [1.165, 1.54) is 17.0 Å². The Morgan fingerprint density at radius 3 is 2.95 bits per heavy atom. The van der Waals surface area contributed by atoms with Crippen LogP contribution in [0.4, 0.5) is 0 Å². The number of nitrogens with zero attached hydrogens (tertiary/aromatic N) is 5. The van der Waals surface area contributed by atoms with E-state index in [4.69, 9.17) is 20.9 Å². The molecule has 0 aliphatic carbocycles. The van der Waals surface area contributed by atoms with Gasteiger partial charge in [-0.05, 0) is 0 Å². The molecule has 2 aromatic heterocycles. The van der Waals surface area contributed by atoms with Gasteiger partial charge in [0.2, 0.25) is 0 Å². The largest absolute Gasteiger partial charge is 0.359 e. The second kappa shape index (κ2) is 5.00. The highest BCUT2D eigenvalue weighted by atomic mass is 16.5. The molecule has 9 heteroatoms. The molecule has 2 heterocycles. The van der Waals surface area contributed by atoms with Gasteiger partial charge < -0.3 is 9.09 Å². The molecule has 0 saturated carbocycles. The minimum Gasteiger partial charge on any atom is -0.359 e. The van der Waals surface area contributed by atoms with Crippen molar-refractivity contribution in [2.45, 2.75) is 6.54 Å². The van der Waals surface area contributed by atoms with Crippen molar-refractivity contribution in [1.82, 2.24) is 20.1 Å². The number of nitrogens with one attached hydrogen (secondary N) is 1. The Bertz CT molecular complexity index is 700. The van der Waals surface area contributed by atoms with Crippen molar-refractivity contribution in [2.75, 3.05) is 0 Å². The van der Waals surface area contributed by atoms with Gasteiger partial charge in [0, 0.05) is 6.07 Å². The molecule has 0 unspecified atom stereocenters. The Labute approximate surface area is 106 Å². The third kappa shape index (κ3) is 2.26. The van der Waals surface area contributed by atoms with E-state index in [-0.39, 0.29) is 23.6 Å². The van der Waals surface area contributed by atoms with Gasteiger partial charge in [-0.25, -0.2) is 10.8 Å². The summed E-state index contributed by atoms with van der Waals surface area (Å²) in [6, 6.07) is 5.06. The lowest BCUT2D eigenvalue weighted by atomic mass is 10.3. The summed E-state index contributed by atoms with van der Waals surface area (Å²) in [4.78, 5) is 15.0. The first kappa shape index (κ1) is 12.3. The highest BCUT2D eigenvalue weighted by molar-refractivity contribution is 5.91. The molecule has 0 aliphatic rings. The first-order chi connectivity index (χ1) is 9.19. The first-order valence-corrected chi connectivity index (χ1v) is 5.01. The van der Waals surface area contributed by atoms with Crippen LogP contribution in [0.1, 0.15) is 27.6 Å². The molecule has 0 aromatic carbocycles. The highest BCUT2D eigenvalue weighted by Crippen LogP contribution is 2.10. The Hall–Kier alpha value is -3.17. The van der Waals surface area contributed by atoms with E-state index in [2.05, 4.69) is 10.1 Å². The quantitative estimate of drug-likeness (QED) is 0.418. The van der Waals surface area contributed by atoms with Crippen LogP contribution in [-0.4, -0.2) is 20.6 Å². The third-order valence-electron chi connectivity index (χ3n) is 2.30. The fraction of sp³-hybridized carbons (Fsp3) is 0.100. The Balaban J connectivity index is 2.25. The minimum atomic E-state index is -0.584. The second-order valence-corrected chi connectivity index (χ2v) is 3.45. The van der Waals surface area contributed by atoms with Crippen molar-refractivity contribution in [3.63, 3.8) is 0 Å². The van der Waals surface area contributed by atoms with Gasteiger partial charge in [-0.15, -0.1) is 0 Å². The van der Waals surface area contributed by atoms with E-state index in [1.807, 2.05) is 11.5 Å². The van der Waals surface area contributed by atoms with Crippen LogP contribution < -0.4 is 11.3 Å². The molecule has 0 aliphatic heterocycles. The van der Waals surface area contributed by atoms with Gasteiger partial charge in [0.15, 0.2) is 22.8 Å². The molecule has 94 valence electrons. The zero-order valence-electron chi connectivity index (χ0n) is 9.49. The van der Waals surface area contributed by atoms with Crippen molar-refractivity contribution >= 4 is 5.91 Å². The lowest BCUT2D eigenvalue weighted by molar-refractivity contribution is 0.0944. The molecule has 19 heavy (non-hydrogen) atoms. The predicted octanol–water partition coefficient (Wildman–Crippen LogP) is -0.734. The number of rotatable bonds is 3. The lowest BCUT2D eigenvalue weighted by Gasteiger charge is -1.98. The summed E-state index contributed by atoms with van der Waals surface area (Å²) >= 11 is 0. The van der Waals surface area contributed by atoms with Crippen LogP contribution >= 0.6 is 0 Å². The number of hydrogen-bond donors (Lipinski definition) is 2. The van der Waals surface area contributed by atoms with Gasteiger partial charge in [-0.1, -0.05) is 5.16 Å². The van der Waals surface area contributed by atoms with Gasteiger partial charge >= 0.3 is 0 Å². The van der Waals surface area contributed by atoms with Gasteiger partial charge in [-0.3, -0.25) is 10.2 Å². The van der Waals surface area contributed by atoms with Crippen molar-refractivity contribution in [2.24, 2.45) is 5.84 Å². The minimum absolute atomic E-state index is 0.0247. The Morgan fingerprint density at radius 2 is 2.32 bits per heavy atom. The number of imidazole rings is 1. The summed E-state index contributed by atoms with van der Waals surface area (Å²) in [5.41, 5.74) is 2.09. The summed E-state index contributed by atoms with van der Waals surface area (Å²) in [5.74, 6) is 4.70. The van der Waals surface area contributed by atoms with Crippen LogP contribution in [0, 0.1) is 22.7 Å². The number of aromatic nitrogens is 3. The maximum atomic E-state index is 11.2. The van der Waals surface area contributed by atoms with Crippen LogP contribution in [0.25, 0.3) is 0 Å². The predicted molar refractivity (Wildman–Crippen MR) is 58.9 cm³/mol. The van der Waals surface area contributed by atoms with Crippen molar-refractivity contribution in [1.29, 1.82) is 10.5 Å². The average molecular weight is 257 g/mol. The lowest BCUT2D eigenvalue weighted by Crippen LogP contribution is -2.30. The number of hydrazine groups is 1. The zero-order valence-corrected chi connectivity index (χ0v) is 9.49. The van der Waals surface area contributed by atoms with Crippen LogP contribution in [0.2, 0.25) is 0 Å². The van der Waals surface area contributed by atoms with E-state index >= 15 is 0 Å². The molecule has 0 spiro atoms. The van der Waals surface area contributed by atoms with Crippen LogP contribution in [0.3, 0.4) is 0 Å². The van der Waals surface area contributed by atoms with E-state index in [9.17, 15) is 4.79 Å². The third-order valence-corrected chi connectivity index (χ3v) is 2.30. The maximum absolute atomic E-state index is 11.2. The average Bonchev–Trinajstić information content (AvgIpc) is 3.04. The molecule has 0 saturated heterocycles. The number of carbonyl (C=O) groups is 1. The number of carbonyl (C=O) groups excluding carboxylic acids is 1. The Morgan fingerprint density at radius 1 is 1.53 bits per heavy atom. The van der Waals surface area contributed by atoms with E-state index in [1.54, 1.807) is 6.07 Å². The van der Waals surface area contributed by atoms with Crippen molar-refractivity contribution in [3.8, 4) is 12.1 Å². The summed E-state index contributed by atoms with van der Waals surface area (Å²) in [7, 11) is 0. The van der Waals surface area contributed by atoms with Gasteiger partial charge in [-0.2, -0.15) is 10.5 Å². The van der Waals surface area contributed by atoms with E-state index in [0.29, 0.717) is 5.76 Å². The van der Waals surface area contributed by atoms with Crippen LogP contribution in [0.5, 0.6) is 0 Å². The number of nitrogen functional groups attached to an aromatic ring is 1. The smallest absolute Gasteiger partial charge is 0.287 e. The number of nitriles is 2. The zero-order chi connectivity index (χ0) is 13.8. The fourth-order valence-electron chi connectivity index (χ4n) is 1.44. The molecular weight excluding hydrogens is 250 g/mol. The van der Waals surface area contributed by atoms with E-state index in [0.717, 1.165) is 0 Å². The summed E-state index contributed by atoms with van der Waals surface area (Å²) in [6.45, 7) is 0.127. The molecule has 1 amide bonds. The molecule has 0 bridgehead atoms. The van der Waals surface area contributed by atoms with Crippen molar-refractivity contribution in [3.05, 3.63) is 35.2 Å². The molecule has 0 radical (unpaired) electrons. The molecule has 0 fully saturated rings. The topological polar surface area (TPSA) is 147 Å². The summed E-state index contributed by atoms with van der Waals surface area (Å²) in [5, 5.41) is 21.2. The normalized spacial score (nSPS) is 9.63. The molecule has 0 atom stereocenters. The number of amides is 1. The molecule has 9 nitrogen and oxygen atoms in total. The molecule has 2 rings (SSSR count). The highest BCUT2D eigenvalue weighted by Gasteiger charge is 2.14. The van der Waals surface area contributed by atoms with Crippen LogP contribution in [0.15, 0.2) is 16.9 Å². The number of hydrogen-bond acceptors (Lipinski definition) is 7. The Kier molecular flexibility index (Phi) is 3.23. The number of nitrogens with two attached hydrogens (primary N) is 1. The maximum Gasteiger partial charge on any atom is 0.287 e. The first-order valence-electron chi connectivity index (χ1n) is 5.01.